The Kier molecular flexibility index (Phi) is 9.81. The molecular formula is C28H40N6O6S. The maximum absolute atomic E-state index is 13.6. The molecule has 41 heavy (non-hydrogen) atoms. The van der Waals surface area contributed by atoms with Gasteiger partial charge in [0.15, 0.2) is 0 Å². The monoisotopic (exact) mass is 588 g/mol. The van der Waals surface area contributed by atoms with E-state index in [2.05, 4.69) is 11.4 Å². The van der Waals surface area contributed by atoms with Crippen molar-refractivity contribution in [2.45, 2.75) is 87.7 Å². The molecule has 224 valence electrons. The Morgan fingerprint density at radius 2 is 1.95 bits per heavy atom. The second-order valence-corrected chi connectivity index (χ2v) is 12.7. The van der Waals surface area contributed by atoms with Gasteiger partial charge in [0, 0.05) is 44.7 Å². The minimum absolute atomic E-state index is 0.00876. The number of hydroxylamine groups is 2. The lowest BCUT2D eigenvalue weighted by Gasteiger charge is -2.39. The Morgan fingerprint density at radius 3 is 2.56 bits per heavy atom. The number of alkyl carbamates (subject to hydrolysis) is 1. The molecule has 12 nitrogen and oxygen atoms in total. The number of likely N-dealkylation sites (tertiary alicyclic amines) is 3. The molecule has 1 N–H and O–H groups in total. The molecule has 1 aromatic carbocycles. The smallest absolute Gasteiger partial charge is 0.408 e. The number of rotatable bonds is 10. The summed E-state index contributed by atoms with van der Waals surface area (Å²) in [4.78, 5) is 51.0. The van der Waals surface area contributed by atoms with E-state index >= 15 is 0 Å². The minimum atomic E-state index is -0.930. The van der Waals surface area contributed by atoms with Crippen molar-refractivity contribution in [2.75, 3.05) is 33.7 Å². The highest BCUT2D eigenvalue weighted by Gasteiger charge is 2.52. The van der Waals surface area contributed by atoms with Crippen LogP contribution in [0.2, 0.25) is 0 Å². The predicted molar refractivity (Wildman–Crippen MR) is 151 cm³/mol. The molecule has 3 saturated heterocycles. The molecule has 3 fully saturated rings. The lowest BCUT2D eigenvalue weighted by atomic mass is 10.1. The SMILES string of the molecule is C[C@H](c1ccc(SOON(C)C)cc1)N1C(=O)[C@H]2C[C@@H]1CN2C[C@H](NC(=O)OC(C)(C)C)C(=O)N1CCC[C@H]1C#N. The number of fused-ring (bicyclic) bond motifs is 2. The van der Waals surface area contributed by atoms with Gasteiger partial charge in [0.2, 0.25) is 11.8 Å². The van der Waals surface area contributed by atoms with Crippen LogP contribution in [-0.4, -0.2) is 101 Å². The fourth-order valence-electron chi connectivity index (χ4n) is 5.71. The highest BCUT2D eigenvalue weighted by Crippen LogP contribution is 2.38. The molecule has 3 aliphatic heterocycles. The van der Waals surface area contributed by atoms with Gasteiger partial charge < -0.3 is 19.9 Å². The number of benzene rings is 1. The minimum Gasteiger partial charge on any atom is -0.444 e. The van der Waals surface area contributed by atoms with Gasteiger partial charge in [-0.15, -0.1) is 9.32 Å². The number of carbonyl (C=O) groups excluding carboxylic acids is 3. The number of hydrogen-bond donors (Lipinski definition) is 1. The third kappa shape index (κ3) is 7.50. The molecule has 13 heteroatoms. The second-order valence-electron chi connectivity index (χ2n) is 11.9. The fourth-order valence-corrected chi connectivity index (χ4v) is 6.19. The summed E-state index contributed by atoms with van der Waals surface area (Å²) in [5.41, 5.74) is 0.274. The Bertz CT molecular complexity index is 1150. The van der Waals surface area contributed by atoms with Crippen molar-refractivity contribution in [2.24, 2.45) is 0 Å². The molecule has 0 unspecified atom stereocenters. The molecular weight excluding hydrogens is 548 g/mol. The molecule has 3 aliphatic rings. The van der Waals surface area contributed by atoms with Crippen molar-refractivity contribution >= 4 is 30.0 Å². The summed E-state index contributed by atoms with van der Waals surface area (Å²) in [5.74, 6) is -0.312. The molecule has 2 bridgehead atoms. The highest BCUT2D eigenvalue weighted by atomic mass is 32.2. The summed E-state index contributed by atoms with van der Waals surface area (Å²) in [6.45, 7) is 8.50. The number of hydrogen-bond acceptors (Lipinski definition) is 10. The van der Waals surface area contributed by atoms with Crippen LogP contribution in [0.15, 0.2) is 29.2 Å². The molecule has 0 radical (unpaired) electrons. The van der Waals surface area contributed by atoms with Gasteiger partial charge in [0.1, 0.15) is 17.7 Å². The standard InChI is InChI=1S/C28H40N6O6S/c1-18(19-9-11-22(12-10-19)41-40-39-31(5)6)34-21-14-24(26(34)36)32(16-21)17-23(30-27(37)38-28(2,3)4)25(35)33-13-7-8-20(33)15-29/h9-12,18,20-21,23-24H,7-8,13-14,16-17H2,1-6H3,(H,30,37)/t18-,20+,21-,23+,24-/m1/s1. The Labute approximate surface area is 245 Å². The lowest BCUT2D eigenvalue weighted by molar-refractivity contribution is -0.340. The molecule has 5 atom stereocenters. The first kappa shape index (κ1) is 31.1. The number of ether oxygens (including phenoxy) is 1. The summed E-state index contributed by atoms with van der Waals surface area (Å²) in [6, 6.07) is 8.02. The lowest BCUT2D eigenvalue weighted by Crippen LogP contribution is -2.59. The van der Waals surface area contributed by atoms with E-state index in [0.29, 0.717) is 25.9 Å². The van der Waals surface area contributed by atoms with Crippen molar-refractivity contribution in [1.82, 2.24) is 25.1 Å². The fraction of sp³-hybridized carbons (Fsp3) is 0.643. The zero-order valence-corrected chi connectivity index (χ0v) is 25.3. The predicted octanol–water partition coefficient (Wildman–Crippen LogP) is 2.87. The molecule has 0 spiro atoms. The van der Waals surface area contributed by atoms with Crippen LogP contribution in [0, 0.1) is 11.3 Å². The third-order valence-electron chi connectivity index (χ3n) is 7.49. The molecule has 4 rings (SSSR count). The van der Waals surface area contributed by atoms with Gasteiger partial charge in [-0.3, -0.25) is 14.5 Å². The van der Waals surface area contributed by atoms with E-state index < -0.39 is 23.8 Å². The van der Waals surface area contributed by atoms with Crippen LogP contribution < -0.4 is 5.32 Å². The molecule has 1 aromatic rings. The quantitative estimate of drug-likeness (QED) is 0.248. The van der Waals surface area contributed by atoms with E-state index in [0.717, 1.165) is 28.9 Å². The van der Waals surface area contributed by atoms with Gasteiger partial charge in [0.05, 0.1) is 30.2 Å². The molecule has 3 heterocycles. The second kappa shape index (κ2) is 13.0. The topological polar surface area (TPSA) is 128 Å². The first-order chi connectivity index (χ1) is 19.4. The number of amides is 3. The van der Waals surface area contributed by atoms with Gasteiger partial charge in [-0.2, -0.15) is 10.3 Å². The normalized spacial score (nSPS) is 24.0. The Balaban J connectivity index is 1.41. The van der Waals surface area contributed by atoms with Gasteiger partial charge in [0.25, 0.3) is 0 Å². The van der Waals surface area contributed by atoms with Crippen LogP contribution in [0.3, 0.4) is 0 Å². The highest BCUT2D eigenvalue weighted by molar-refractivity contribution is 7.94. The summed E-state index contributed by atoms with van der Waals surface area (Å²) < 4.78 is 10.5. The van der Waals surface area contributed by atoms with E-state index in [1.54, 1.807) is 34.9 Å². The van der Waals surface area contributed by atoms with E-state index in [9.17, 15) is 19.6 Å². The van der Waals surface area contributed by atoms with Gasteiger partial charge in [-0.1, -0.05) is 12.1 Å². The van der Waals surface area contributed by atoms with Crippen LogP contribution in [0.1, 0.15) is 58.6 Å². The van der Waals surface area contributed by atoms with E-state index in [-0.39, 0.29) is 36.5 Å². The average Bonchev–Trinajstić information content (AvgIpc) is 3.61. The summed E-state index contributed by atoms with van der Waals surface area (Å²) in [5, 5.41) is 13.7. The molecule has 0 aliphatic carbocycles. The summed E-state index contributed by atoms with van der Waals surface area (Å²) in [6.07, 6.45) is 1.30. The van der Waals surface area contributed by atoms with Gasteiger partial charge >= 0.3 is 6.09 Å². The van der Waals surface area contributed by atoms with Crippen molar-refractivity contribution in [1.29, 1.82) is 5.26 Å². The Morgan fingerprint density at radius 1 is 1.24 bits per heavy atom. The number of piperazine rings is 1. The van der Waals surface area contributed by atoms with E-state index in [1.807, 2.05) is 41.0 Å². The molecule has 0 aromatic heterocycles. The largest absolute Gasteiger partial charge is 0.444 e. The number of nitriles is 1. The van der Waals surface area contributed by atoms with Crippen molar-refractivity contribution in [3.63, 3.8) is 0 Å². The number of carbonyl (C=O) groups is 3. The summed E-state index contributed by atoms with van der Waals surface area (Å²) in [7, 11) is 3.45. The van der Waals surface area contributed by atoms with Crippen LogP contribution in [0.4, 0.5) is 4.79 Å². The van der Waals surface area contributed by atoms with Crippen LogP contribution >= 0.6 is 12.0 Å². The first-order valence-corrected chi connectivity index (χ1v) is 14.7. The maximum Gasteiger partial charge on any atom is 0.408 e. The number of nitrogens with zero attached hydrogens (tertiary/aromatic N) is 5. The maximum atomic E-state index is 13.6. The van der Waals surface area contributed by atoms with Crippen LogP contribution in [-0.2, 0) is 23.6 Å². The van der Waals surface area contributed by atoms with Crippen molar-refractivity contribution < 1.29 is 28.4 Å². The third-order valence-corrected chi connectivity index (χ3v) is 8.09. The zero-order chi connectivity index (χ0) is 29.9. The van der Waals surface area contributed by atoms with Gasteiger partial charge in [-0.05, 0) is 64.7 Å². The van der Waals surface area contributed by atoms with E-state index in [4.69, 9.17) is 14.1 Å². The van der Waals surface area contributed by atoms with Gasteiger partial charge in [-0.25, -0.2) is 4.79 Å². The van der Waals surface area contributed by atoms with Crippen molar-refractivity contribution in [3.05, 3.63) is 29.8 Å². The average molecular weight is 589 g/mol. The molecule has 0 saturated carbocycles. The van der Waals surface area contributed by atoms with Crippen molar-refractivity contribution in [3.8, 4) is 6.07 Å². The van der Waals surface area contributed by atoms with Crippen LogP contribution in [0.25, 0.3) is 0 Å². The van der Waals surface area contributed by atoms with E-state index in [1.165, 1.54) is 9.96 Å². The summed E-state index contributed by atoms with van der Waals surface area (Å²) >= 11 is 1.10. The zero-order valence-electron chi connectivity index (χ0n) is 24.5. The van der Waals surface area contributed by atoms with Crippen LogP contribution in [0.5, 0.6) is 0 Å². The first-order valence-electron chi connectivity index (χ1n) is 13.9. The number of nitrogens with one attached hydrogen (secondary N) is 1. The Hall–Kier alpha value is -2.89. The molecule has 3 amide bonds.